The fourth-order valence-corrected chi connectivity index (χ4v) is 1.96. The minimum Gasteiger partial charge on any atom is -0.508 e. The molecule has 0 spiro atoms. The van der Waals surface area contributed by atoms with Gasteiger partial charge in [-0.05, 0) is 30.9 Å². The summed E-state index contributed by atoms with van der Waals surface area (Å²) in [7, 11) is 0. The Hall–Kier alpha value is -1.51. The normalized spacial score (nSPS) is 11.4. The average Bonchev–Trinajstić information content (AvgIpc) is 2.28. The fraction of sp³-hybridized carbons (Fsp3) is 0.462. The molecule has 3 nitrogen and oxygen atoms in total. The molecule has 0 heterocycles. The zero-order chi connectivity index (χ0) is 12.2. The molecule has 0 aliphatic carbocycles. The molecule has 0 radical (unpaired) electrons. The summed E-state index contributed by atoms with van der Waals surface area (Å²) >= 11 is 0. The molecule has 0 bridgehead atoms. The number of rotatable bonds is 5. The number of hydrogen-bond donors (Lipinski definition) is 2. The highest BCUT2D eigenvalue weighted by Crippen LogP contribution is 2.33. The third kappa shape index (κ3) is 2.35. The predicted molar refractivity (Wildman–Crippen MR) is 64.0 cm³/mol. The molecule has 1 amide bonds. The van der Waals surface area contributed by atoms with E-state index in [4.69, 9.17) is 5.73 Å². The Bertz CT molecular complexity index is 370. The van der Waals surface area contributed by atoms with Crippen molar-refractivity contribution in [3.63, 3.8) is 0 Å². The summed E-state index contributed by atoms with van der Waals surface area (Å²) < 4.78 is 0. The molecular formula is C13H19NO2. The first-order valence-electron chi connectivity index (χ1n) is 5.62. The summed E-state index contributed by atoms with van der Waals surface area (Å²) in [5.74, 6) is -0.0595. The molecule has 0 unspecified atom stereocenters. The van der Waals surface area contributed by atoms with E-state index in [0.717, 1.165) is 5.56 Å². The predicted octanol–water partition coefficient (Wildman–Crippen LogP) is 2.23. The Balaban J connectivity index is 3.01. The largest absolute Gasteiger partial charge is 0.508 e. The summed E-state index contributed by atoms with van der Waals surface area (Å²) in [4.78, 5) is 11.5. The summed E-state index contributed by atoms with van der Waals surface area (Å²) in [6.45, 7) is 3.91. The van der Waals surface area contributed by atoms with E-state index < -0.39 is 5.41 Å². The van der Waals surface area contributed by atoms with Gasteiger partial charge in [0.1, 0.15) is 5.75 Å². The van der Waals surface area contributed by atoms with Crippen LogP contribution in [-0.4, -0.2) is 11.0 Å². The Kier molecular flexibility index (Phi) is 3.93. The van der Waals surface area contributed by atoms with Crippen molar-refractivity contribution in [2.45, 2.75) is 33.1 Å². The van der Waals surface area contributed by atoms with E-state index >= 15 is 0 Å². The summed E-state index contributed by atoms with van der Waals surface area (Å²) in [5.41, 5.74) is 5.71. The third-order valence-electron chi connectivity index (χ3n) is 3.40. The van der Waals surface area contributed by atoms with Crippen molar-refractivity contribution >= 4 is 5.91 Å². The Morgan fingerprint density at radius 1 is 1.31 bits per heavy atom. The van der Waals surface area contributed by atoms with E-state index in [9.17, 15) is 9.90 Å². The maximum Gasteiger partial charge on any atom is 0.223 e. The molecular weight excluding hydrogens is 202 g/mol. The lowest BCUT2D eigenvalue weighted by Crippen LogP contribution is -2.38. The first kappa shape index (κ1) is 12.6. The van der Waals surface area contributed by atoms with Crippen molar-refractivity contribution in [2.75, 3.05) is 0 Å². The molecule has 3 heteroatoms. The van der Waals surface area contributed by atoms with Crippen LogP contribution in [0.1, 0.15) is 32.3 Å². The molecule has 0 atom stereocenters. The van der Waals surface area contributed by atoms with E-state index in [1.807, 2.05) is 26.0 Å². The number of amides is 1. The quantitative estimate of drug-likeness (QED) is 0.800. The highest BCUT2D eigenvalue weighted by Gasteiger charge is 2.33. The van der Waals surface area contributed by atoms with Crippen LogP contribution in [0.5, 0.6) is 5.75 Å². The molecule has 1 aromatic rings. The van der Waals surface area contributed by atoms with Gasteiger partial charge in [-0.1, -0.05) is 32.0 Å². The number of phenols is 1. The minimum atomic E-state index is -0.543. The van der Waals surface area contributed by atoms with Gasteiger partial charge in [-0.15, -0.1) is 0 Å². The van der Waals surface area contributed by atoms with E-state index in [0.29, 0.717) is 19.3 Å². The lowest BCUT2D eigenvalue weighted by atomic mass is 9.76. The molecule has 0 aromatic heterocycles. The number of nitrogens with two attached hydrogens (primary N) is 1. The van der Waals surface area contributed by atoms with Gasteiger partial charge in [-0.2, -0.15) is 0 Å². The van der Waals surface area contributed by atoms with Gasteiger partial charge < -0.3 is 10.8 Å². The van der Waals surface area contributed by atoms with Crippen molar-refractivity contribution in [2.24, 2.45) is 11.1 Å². The number of hydrogen-bond acceptors (Lipinski definition) is 2. The second-order valence-corrected chi connectivity index (χ2v) is 4.16. The molecule has 0 saturated heterocycles. The molecule has 0 saturated carbocycles. The maximum atomic E-state index is 11.5. The highest BCUT2D eigenvalue weighted by atomic mass is 16.3. The first-order valence-corrected chi connectivity index (χ1v) is 5.62. The number of primary amides is 1. The maximum absolute atomic E-state index is 11.5. The van der Waals surface area contributed by atoms with Crippen molar-refractivity contribution in [1.29, 1.82) is 0 Å². The van der Waals surface area contributed by atoms with Crippen LogP contribution in [0.2, 0.25) is 0 Å². The molecule has 3 N–H and O–H groups in total. The molecule has 0 aliphatic rings. The Morgan fingerprint density at radius 3 is 2.31 bits per heavy atom. The SMILES string of the molecule is CCC(CC)(Cc1ccccc1O)C(N)=O. The smallest absolute Gasteiger partial charge is 0.223 e. The van der Waals surface area contributed by atoms with Gasteiger partial charge >= 0.3 is 0 Å². The van der Waals surface area contributed by atoms with Gasteiger partial charge in [0.2, 0.25) is 5.91 Å². The van der Waals surface area contributed by atoms with Gasteiger partial charge in [0.05, 0.1) is 5.41 Å². The second kappa shape index (κ2) is 5.01. The van der Waals surface area contributed by atoms with Crippen LogP contribution >= 0.6 is 0 Å². The van der Waals surface area contributed by atoms with Gasteiger partial charge in [-0.25, -0.2) is 0 Å². The highest BCUT2D eigenvalue weighted by molar-refractivity contribution is 5.81. The number of phenolic OH excluding ortho intramolecular Hbond substituents is 1. The molecule has 16 heavy (non-hydrogen) atoms. The lowest BCUT2D eigenvalue weighted by Gasteiger charge is -2.28. The number of para-hydroxylation sites is 1. The lowest BCUT2D eigenvalue weighted by molar-refractivity contribution is -0.128. The van der Waals surface area contributed by atoms with Gasteiger partial charge in [0, 0.05) is 0 Å². The van der Waals surface area contributed by atoms with Gasteiger partial charge in [0.25, 0.3) is 0 Å². The Labute approximate surface area is 96.3 Å². The number of carbonyl (C=O) groups is 1. The van der Waals surface area contributed by atoms with Crippen LogP contribution in [0.25, 0.3) is 0 Å². The topological polar surface area (TPSA) is 63.3 Å². The van der Waals surface area contributed by atoms with Gasteiger partial charge in [-0.3, -0.25) is 4.79 Å². The second-order valence-electron chi connectivity index (χ2n) is 4.16. The Morgan fingerprint density at radius 2 is 1.88 bits per heavy atom. The summed E-state index contributed by atoms with van der Waals surface area (Å²) in [6.07, 6.45) is 1.88. The minimum absolute atomic E-state index is 0.232. The number of carbonyl (C=O) groups excluding carboxylic acids is 1. The van der Waals surface area contributed by atoms with Crippen LogP contribution in [0.15, 0.2) is 24.3 Å². The number of aromatic hydroxyl groups is 1. The number of benzene rings is 1. The molecule has 0 fully saturated rings. The fourth-order valence-electron chi connectivity index (χ4n) is 1.96. The van der Waals surface area contributed by atoms with Crippen molar-refractivity contribution in [3.05, 3.63) is 29.8 Å². The van der Waals surface area contributed by atoms with Crippen molar-refractivity contribution < 1.29 is 9.90 Å². The van der Waals surface area contributed by atoms with E-state index in [1.165, 1.54) is 0 Å². The molecule has 1 rings (SSSR count). The third-order valence-corrected chi connectivity index (χ3v) is 3.40. The van der Waals surface area contributed by atoms with Crippen LogP contribution in [0.3, 0.4) is 0 Å². The van der Waals surface area contributed by atoms with Crippen molar-refractivity contribution in [3.8, 4) is 5.75 Å². The van der Waals surface area contributed by atoms with Crippen LogP contribution in [-0.2, 0) is 11.2 Å². The molecule has 88 valence electrons. The first-order chi connectivity index (χ1) is 7.55. The average molecular weight is 221 g/mol. The monoisotopic (exact) mass is 221 g/mol. The van der Waals surface area contributed by atoms with E-state index in [1.54, 1.807) is 12.1 Å². The zero-order valence-electron chi connectivity index (χ0n) is 9.86. The summed E-state index contributed by atoms with van der Waals surface area (Å²) in [5, 5.41) is 9.69. The standard InChI is InChI=1S/C13H19NO2/c1-3-13(4-2,12(14)16)9-10-7-5-6-8-11(10)15/h5-8,15H,3-4,9H2,1-2H3,(H2,14,16). The van der Waals surface area contributed by atoms with E-state index in [2.05, 4.69) is 0 Å². The zero-order valence-corrected chi connectivity index (χ0v) is 9.86. The van der Waals surface area contributed by atoms with Crippen LogP contribution < -0.4 is 5.73 Å². The van der Waals surface area contributed by atoms with Crippen LogP contribution in [0.4, 0.5) is 0 Å². The van der Waals surface area contributed by atoms with Crippen molar-refractivity contribution in [1.82, 2.24) is 0 Å². The summed E-state index contributed by atoms with van der Waals surface area (Å²) in [6, 6.07) is 7.08. The molecule has 0 aliphatic heterocycles. The van der Waals surface area contributed by atoms with Crippen LogP contribution in [0, 0.1) is 5.41 Å². The van der Waals surface area contributed by atoms with E-state index in [-0.39, 0.29) is 11.7 Å². The van der Waals surface area contributed by atoms with Gasteiger partial charge in [0.15, 0.2) is 0 Å². The molecule has 1 aromatic carbocycles.